The van der Waals surface area contributed by atoms with E-state index in [0.29, 0.717) is 5.16 Å². The maximum absolute atomic E-state index is 11.1. The van der Waals surface area contributed by atoms with Gasteiger partial charge in [0, 0.05) is 29.4 Å². The van der Waals surface area contributed by atoms with Crippen molar-refractivity contribution >= 4 is 11.8 Å². The van der Waals surface area contributed by atoms with E-state index in [9.17, 15) is 4.79 Å². The molecule has 5 nitrogen and oxygen atoms in total. The van der Waals surface area contributed by atoms with Gasteiger partial charge in [0.05, 0.1) is 5.69 Å². The van der Waals surface area contributed by atoms with E-state index in [2.05, 4.69) is 15.0 Å². The van der Waals surface area contributed by atoms with Crippen LogP contribution in [0.4, 0.5) is 0 Å². The molecule has 2 rings (SSSR count). The summed E-state index contributed by atoms with van der Waals surface area (Å²) < 4.78 is 0. The van der Waals surface area contributed by atoms with E-state index in [1.54, 1.807) is 6.20 Å². The van der Waals surface area contributed by atoms with Gasteiger partial charge in [-0.15, -0.1) is 0 Å². The van der Waals surface area contributed by atoms with Gasteiger partial charge < -0.3 is 10.7 Å². The van der Waals surface area contributed by atoms with Gasteiger partial charge in [-0.3, -0.25) is 9.78 Å². The smallest absolute Gasteiger partial charge is 0.251 e. The highest BCUT2D eigenvalue weighted by atomic mass is 32.2. The van der Waals surface area contributed by atoms with Gasteiger partial charge in [0.2, 0.25) is 0 Å². The first-order valence-electron chi connectivity index (χ1n) is 5.63. The Labute approximate surface area is 109 Å². The topological polar surface area (TPSA) is 84.7 Å². The van der Waals surface area contributed by atoms with E-state index in [-0.39, 0.29) is 11.6 Å². The van der Waals surface area contributed by atoms with Crippen LogP contribution < -0.4 is 11.3 Å². The maximum Gasteiger partial charge on any atom is 0.251 e. The number of aromatic nitrogens is 3. The van der Waals surface area contributed by atoms with Crippen LogP contribution in [0.5, 0.6) is 0 Å². The number of hydrogen-bond acceptors (Lipinski definition) is 5. The standard InChI is InChI=1S/C12H14N4OS/c1-2-9(13)10-4-3-8(7-15-10)18-12-14-6-5-11(17)16-12/h3-7,9H,2,13H2,1H3,(H,14,16,17)/t9-/m1/s1. The summed E-state index contributed by atoms with van der Waals surface area (Å²) in [5.74, 6) is 0. The Morgan fingerprint density at radius 3 is 2.83 bits per heavy atom. The predicted molar refractivity (Wildman–Crippen MR) is 70.4 cm³/mol. The third kappa shape index (κ3) is 3.18. The van der Waals surface area contributed by atoms with Crippen molar-refractivity contribution < 1.29 is 0 Å². The van der Waals surface area contributed by atoms with Gasteiger partial charge in [0.15, 0.2) is 5.16 Å². The summed E-state index contributed by atoms with van der Waals surface area (Å²) in [6, 6.07) is 5.18. The van der Waals surface area contributed by atoms with Crippen LogP contribution in [-0.4, -0.2) is 15.0 Å². The number of pyridine rings is 1. The van der Waals surface area contributed by atoms with Gasteiger partial charge in [-0.2, -0.15) is 0 Å². The van der Waals surface area contributed by atoms with Crippen LogP contribution in [-0.2, 0) is 0 Å². The van der Waals surface area contributed by atoms with Crippen LogP contribution in [0.1, 0.15) is 25.1 Å². The number of H-pyrrole nitrogens is 1. The summed E-state index contributed by atoms with van der Waals surface area (Å²) in [4.78, 5) is 23.0. The fourth-order valence-corrected chi connectivity index (χ4v) is 2.13. The van der Waals surface area contributed by atoms with E-state index in [1.807, 2.05) is 19.1 Å². The molecule has 94 valence electrons. The molecule has 2 aromatic heterocycles. The average molecular weight is 262 g/mol. The second-order valence-corrected chi connectivity index (χ2v) is 4.84. The van der Waals surface area contributed by atoms with Crippen molar-refractivity contribution in [3.8, 4) is 0 Å². The minimum Gasteiger partial charge on any atom is -0.323 e. The Kier molecular flexibility index (Phi) is 4.11. The summed E-state index contributed by atoms with van der Waals surface area (Å²) in [6.45, 7) is 2.02. The maximum atomic E-state index is 11.1. The van der Waals surface area contributed by atoms with Crippen molar-refractivity contribution in [3.05, 3.63) is 46.6 Å². The van der Waals surface area contributed by atoms with E-state index >= 15 is 0 Å². The summed E-state index contributed by atoms with van der Waals surface area (Å²) in [6.07, 6.45) is 4.07. The van der Waals surface area contributed by atoms with E-state index < -0.39 is 0 Å². The summed E-state index contributed by atoms with van der Waals surface area (Å²) >= 11 is 1.36. The van der Waals surface area contributed by atoms with Gasteiger partial charge in [-0.25, -0.2) is 4.98 Å². The van der Waals surface area contributed by atoms with E-state index in [1.165, 1.54) is 24.0 Å². The third-order valence-corrected chi connectivity index (χ3v) is 3.32. The van der Waals surface area contributed by atoms with Crippen molar-refractivity contribution in [1.29, 1.82) is 0 Å². The lowest BCUT2D eigenvalue weighted by atomic mass is 10.1. The summed E-state index contributed by atoms with van der Waals surface area (Å²) in [5.41, 5.74) is 6.60. The lowest BCUT2D eigenvalue weighted by molar-refractivity contribution is 0.674. The number of rotatable bonds is 4. The molecule has 0 aliphatic rings. The molecular weight excluding hydrogens is 248 g/mol. The Balaban J connectivity index is 2.13. The molecule has 0 bridgehead atoms. The molecule has 0 unspecified atom stereocenters. The van der Waals surface area contributed by atoms with Gasteiger partial charge in [-0.1, -0.05) is 18.7 Å². The fraction of sp³-hybridized carbons (Fsp3) is 0.250. The second kappa shape index (κ2) is 5.79. The van der Waals surface area contributed by atoms with E-state index in [4.69, 9.17) is 5.73 Å². The molecule has 3 N–H and O–H groups in total. The molecule has 0 aromatic carbocycles. The lowest BCUT2D eigenvalue weighted by Crippen LogP contribution is -2.10. The van der Waals surface area contributed by atoms with Crippen molar-refractivity contribution in [2.45, 2.75) is 29.4 Å². The fourth-order valence-electron chi connectivity index (χ4n) is 1.40. The quantitative estimate of drug-likeness (QED) is 0.820. The van der Waals surface area contributed by atoms with Crippen LogP contribution in [0, 0.1) is 0 Å². The Hall–Kier alpha value is -1.66. The van der Waals surface area contributed by atoms with Gasteiger partial charge in [0.1, 0.15) is 0 Å². The van der Waals surface area contributed by atoms with Crippen LogP contribution in [0.15, 0.2) is 45.4 Å². The Morgan fingerprint density at radius 2 is 2.22 bits per heavy atom. The third-order valence-electron chi connectivity index (χ3n) is 2.44. The Morgan fingerprint density at radius 1 is 1.39 bits per heavy atom. The SMILES string of the molecule is CC[C@@H](N)c1ccc(Sc2nccc(=O)[nH]2)cn1. The molecule has 0 fully saturated rings. The molecular formula is C12H14N4OS. The zero-order valence-electron chi connectivity index (χ0n) is 9.96. The second-order valence-electron chi connectivity index (χ2n) is 3.77. The summed E-state index contributed by atoms with van der Waals surface area (Å²) in [7, 11) is 0. The number of hydrogen-bond donors (Lipinski definition) is 2. The van der Waals surface area contributed by atoms with Gasteiger partial charge in [-0.05, 0) is 18.6 Å². The van der Waals surface area contributed by atoms with Crippen LogP contribution in [0.2, 0.25) is 0 Å². The molecule has 2 aromatic rings. The molecule has 0 aliphatic heterocycles. The molecule has 0 spiro atoms. The van der Waals surface area contributed by atoms with Gasteiger partial charge in [0.25, 0.3) is 5.56 Å². The zero-order valence-corrected chi connectivity index (χ0v) is 10.8. The predicted octanol–water partition coefficient (Wildman–Crippen LogP) is 1.73. The molecule has 0 saturated heterocycles. The number of nitrogens with one attached hydrogen (secondary N) is 1. The largest absolute Gasteiger partial charge is 0.323 e. The van der Waals surface area contributed by atoms with Crippen molar-refractivity contribution in [1.82, 2.24) is 15.0 Å². The lowest BCUT2D eigenvalue weighted by Gasteiger charge is -2.08. The van der Waals surface area contributed by atoms with E-state index in [0.717, 1.165) is 17.0 Å². The highest BCUT2D eigenvalue weighted by Crippen LogP contribution is 2.23. The molecule has 18 heavy (non-hydrogen) atoms. The molecule has 6 heteroatoms. The average Bonchev–Trinajstić information content (AvgIpc) is 2.39. The first-order chi connectivity index (χ1) is 8.69. The first-order valence-corrected chi connectivity index (χ1v) is 6.45. The minimum absolute atomic E-state index is 0.0290. The Bertz CT molecular complexity index is 567. The molecule has 2 heterocycles. The normalized spacial score (nSPS) is 12.3. The molecule has 1 atom stereocenters. The molecule has 0 amide bonds. The van der Waals surface area contributed by atoms with Crippen molar-refractivity contribution in [2.75, 3.05) is 0 Å². The molecule has 0 radical (unpaired) electrons. The van der Waals surface area contributed by atoms with Crippen molar-refractivity contribution in [3.63, 3.8) is 0 Å². The zero-order chi connectivity index (χ0) is 13.0. The van der Waals surface area contributed by atoms with Crippen molar-refractivity contribution in [2.24, 2.45) is 5.73 Å². The number of aromatic amines is 1. The number of nitrogens with two attached hydrogens (primary N) is 1. The van der Waals surface area contributed by atoms with Crippen LogP contribution >= 0.6 is 11.8 Å². The highest BCUT2D eigenvalue weighted by molar-refractivity contribution is 7.99. The number of nitrogens with zero attached hydrogens (tertiary/aromatic N) is 2. The van der Waals surface area contributed by atoms with Crippen LogP contribution in [0.3, 0.4) is 0 Å². The molecule has 0 aliphatic carbocycles. The highest BCUT2D eigenvalue weighted by Gasteiger charge is 2.05. The minimum atomic E-state index is -0.162. The first kappa shape index (κ1) is 12.8. The van der Waals surface area contributed by atoms with Gasteiger partial charge >= 0.3 is 0 Å². The monoisotopic (exact) mass is 262 g/mol. The van der Waals surface area contributed by atoms with Crippen LogP contribution in [0.25, 0.3) is 0 Å². The summed E-state index contributed by atoms with van der Waals surface area (Å²) in [5, 5.41) is 0.553. The molecule has 0 saturated carbocycles.